The second kappa shape index (κ2) is 6.86. The van der Waals surface area contributed by atoms with E-state index in [4.69, 9.17) is 4.74 Å². The predicted octanol–water partition coefficient (Wildman–Crippen LogP) is 0.281. The number of carbonyl (C=O) groups excluding carboxylic acids is 1. The van der Waals surface area contributed by atoms with Crippen LogP contribution in [0.15, 0.2) is 15.8 Å². The first kappa shape index (κ1) is 17.7. The molecule has 130 valence electrons. The summed E-state index contributed by atoms with van der Waals surface area (Å²) in [5, 5.41) is 0.201. The fourth-order valence-corrected chi connectivity index (χ4v) is 2.73. The number of carbonyl (C=O) groups is 1. The van der Waals surface area contributed by atoms with Crippen LogP contribution in [0.4, 0.5) is 0 Å². The van der Waals surface area contributed by atoms with Gasteiger partial charge in [0.05, 0.1) is 7.11 Å². The predicted molar refractivity (Wildman–Crippen MR) is 90.5 cm³/mol. The topological polar surface area (TPSA) is 86.4 Å². The van der Waals surface area contributed by atoms with E-state index < -0.39 is 11.2 Å². The molecule has 0 saturated carbocycles. The molecule has 0 atom stereocenters. The van der Waals surface area contributed by atoms with Gasteiger partial charge in [0.25, 0.3) is 5.56 Å². The molecule has 0 aromatic carbocycles. The summed E-state index contributed by atoms with van der Waals surface area (Å²) < 4.78 is 7.51. The highest BCUT2D eigenvalue weighted by molar-refractivity contribution is 5.83. The average molecular weight is 334 g/mol. The number of hydrogen-bond donors (Lipinski definition) is 0. The Morgan fingerprint density at radius 1 is 1.29 bits per heavy atom. The average Bonchev–Trinajstić information content (AvgIpc) is 2.57. The first-order valence-corrected chi connectivity index (χ1v) is 7.78. The molecular weight excluding hydrogens is 312 g/mol. The van der Waals surface area contributed by atoms with Crippen LogP contribution in [-0.4, -0.2) is 45.1 Å². The Morgan fingerprint density at radius 3 is 2.46 bits per heavy atom. The summed E-state index contributed by atoms with van der Waals surface area (Å²) in [7, 11) is 2.97. The highest BCUT2D eigenvalue weighted by Gasteiger charge is 2.20. The van der Waals surface area contributed by atoms with Crippen LogP contribution in [-0.2, 0) is 18.4 Å². The van der Waals surface area contributed by atoms with Crippen LogP contribution >= 0.6 is 0 Å². The molecule has 2 aromatic rings. The highest BCUT2D eigenvalue weighted by Crippen LogP contribution is 2.23. The third-order valence-electron chi connectivity index (χ3n) is 4.10. The molecule has 0 saturated heterocycles. The van der Waals surface area contributed by atoms with Gasteiger partial charge >= 0.3 is 5.69 Å². The van der Waals surface area contributed by atoms with Crippen LogP contribution in [0.25, 0.3) is 11.0 Å². The summed E-state index contributed by atoms with van der Waals surface area (Å²) in [5.41, 5.74) is -0.227. The minimum Gasteiger partial charge on any atom is -0.495 e. The third kappa shape index (κ3) is 2.79. The number of methoxy groups -OCH3 is 1. The van der Waals surface area contributed by atoms with Crippen molar-refractivity contribution in [3.05, 3.63) is 32.6 Å². The van der Waals surface area contributed by atoms with Crippen molar-refractivity contribution in [3.8, 4) is 5.75 Å². The minimum absolute atomic E-state index is 0.201. The summed E-state index contributed by atoms with van der Waals surface area (Å²) in [5.74, 6) is 0.0859. The van der Waals surface area contributed by atoms with Crippen molar-refractivity contribution in [1.29, 1.82) is 0 Å². The number of amides is 1. The second-order valence-corrected chi connectivity index (χ2v) is 5.47. The number of pyridine rings is 1. The third-order valence-corrected chi connectivity index (χ3v) is 4.10. The Hall–Kier alpha value is -2.64. The van der Waals surface area contributed by atoms with Crippen molar-refractivity contribution < 1.29 is 9.53 Å². The molecule has 0 aliphatic rings. The van der Waals surface area contributed by atoms with Crippen molar-refractivity contribution in [2.24, 2.45) is 7.05 Å². The second-order valence-electron chi connectivity index (χ2n) is 5.47. The maximum Gasteiger partial charge on any atom is 0.332 e. The van der Waals surface area contributed by atoms with Crippen molar-refractivity contribution in [1.82, 2.24) is 19.0 Å². The van der Waals surface area contributed by atoms with Crippen LogP contribution in [0.5, 0.6) is 5.75 Å². The fourth-order valence-electron chi connectivity index (χ4n) is 2.73. The summed E-state index contributed by atoms with van der Waals surface area (Å²) >= 11 is 0. The monoisotopic (exact) mass is 334 g/mol. The SMILES string of the molecule is CCN(CC)C(=O)Cn1c(=O)c2c(OC)c(C)cnc2n(C)c1=O. The molecule has 0 radical (unpaired) electrons. The standard InChI is InChI=1S/C16H22N4O4/c1-6-19(7-2)11(21)9-20-15(22)12-13(24-5)10(3)8-17-14(12)18(4)16(20)23/h8H,6-7,9H2,1-5H3. The van der Waals surface area contributed by atoms with Crippen LogP contribution in [0, 0.1) is 6.92 Å². The van der Waals surface area contributed by atoms with E-state index in [-0.39, 0.29) is 23.5 Å². The maximum atomic E-state index is 12.8. The zero-order valence-corrected chi connectivity index (χ0v) is 14.6. The number of hydrogen-bond acceptors (Lipinski definition) is 5. The Morgan fingerprint density at radius 2 is 1.92 bits per heavy atom. The molecule has 2 aromatic heterocycles. The number of rotatable bonds is 5. The van der Waals surface area contributed by atoms with E-state index >= 15 is 0 Å². The lowest BCUT2D eigenvalue weighted by Crippen LogP contribution is -2.44. The zero-order chi connectivity index (χ0) is 18.0. The Kier molecular flexibility index (Phi) is 5.06. The molecule has 1 amide bonds. The van der Waals surface area contributed by atoms with Gasteiger partial charge in [-0.2, -0.15) is 0 Å². The molecule has 0 N–H and O–H groups in total. The van der Waals surface area contributed by atoms with E-state index in [0.717, 1.165) is 4.57 Å². The first-order valence-electron chi connectivity index (χ1n) is 7.78. The molecule has 0 aliphatic carbocycles. The molecule has 0 fully saturated rings. The van der Waals surface area contributed by atoms with E-state index in [2.05, 4.69) is 4.98 Å². The molecular formula is C16H22N4O4. The van der Waals surface area contributed by atoms with Gasteiger partial charge in [-0.05, 0) is 20.8 Å². The van der Waals surface area contributed by atoms with Crippen LogP contribution in [0.1, 0.15) is 19.4 Å². The summed E-state index contributed by atoms with van der Waals surface area (Å²) in [4.78, 5) is 43.4. The van der Waals surface area contributed by atoms with Crippen molar-refractivity contribution in [3.63, 3.8) is 0 Å². The Bertz CT molecular complexity index is 894. The van der Waals surface area contributed by atoms with Gasteiger partial charge in [0.15, 0.2) is 5.65 Å². The van der Waals surface area contributed by atoms with E-state index in [0.29, 0.717) is 24.4 Å². The minimum atomic E-state index is -0.577. The summed E-state index contributed by atoms with van der Waals surface area (Å²) in [6.45, 7) is 6.18. The number of fused-ring (bicyclic) bond motifs is 1. The molecule has 8 heteroatoms. The first-order chi connectivity index (χ1) is 11.4. The van der Waals surface area contributed by atoms with Crippen molar-refractivity contribution >= 4 is 16.9 Å². The van der Waals surface area contributed by atoms with Crippen LogP contribution < -0.4 is 16.0 Å². The van der Waals surface area contributed by atoms with Crippen LogP contribution in [0.3, 0.4) is 0 Å². The van der Waals surface area contributed by atoms with Gasteiger partial charge in [0.2, 0.25) is 5.91 Å². The number of aromatic nitrogens is 3. The molecule has 24 heavy (non-hydrogen) atoms. The van der Waals surface area contributed by atoms with E-state index in [9.17, 15) is 14.4 Å². The number of aryl methyl sites for hydroxylation is 2. The highest BCUT2D eigenvalue weighted by atomic mass is 16.5. The smallest absolute Gasteiger partial charge is 0.332 e. The lowest BCUT2D eigenvalue weighted by Gasteiger charge is -2.19. The molecule has 0 unspecified atom stereocenters. The Balaban J connectivity index is 2.74. The molecule has 2 heterocycles. The quantitative estimate of drug-likeness (QED) is 0.784. The van der Waals surface area contributed by atoms with Gasteiger partial charge in [0.1, 0.15) is 17.7 Å². The molecule has 2 rings (SSSR count). The van der Waals surface area contributed by atoms with E-state index in [1.807, 2.05) is 13.8 Å². The molecule has 8 nitrogen and oxygen atoms in total. The Labute approximate surface area is 139 Å². The number of ether oxygens (including phenoxy) is 1. The maximum absolute atomic E-state index is 12.8. The van der Waals surface area contributed by atoms with Gasteiger partial charge in [-0.15, -0.1) is 0 Å². The normalized spacial score (nSPS) is 10.9. The lowest BCUT2D eigenvalue weighted by atomic mass is 10.2. The molecule has 0 aliphatic heterocycles. The fraction of sp³-hybridized carbons (Fsp3) is 0.500. The molecule has 0 spiro atoms. The van der Waals surface area contributed by atoms with Crippen molar-refractivity contribution in [2.45, 2.75) is 27.3 Å². The van der Waals surface area contributed by atoms with E-state index in [1.165, 1.54) is 18.7 Å². The zero-order valence-electron chi connectivity index (χ0n) is 14.6. The van der Waals surface area contributed by atoms with Gasteiger partial charge in [-0.3, -0.25) is 14.2 Å². The number of nitrogens with zero attached hydrogens (tertiary/aromatic N) is 4. The molecule has 0 bridgehead atoms. The van der Waals surface area contributed by atoms with Gasteiger partial charge < -0.3 is 9.64 Å². The summed E-state index contributed by atoms with van der Waals surface area (Å²) in [6, 6.07) is 0. The van der Waals surface area contributed by atoms with Crippen LogP contribution in [0.2, 0.25) is 0 Å². The van der Waals surface area contributed by atoms with Gasteiger partial charge in [0, 0.05) is 31.9 Å². The summed E-state index contributed by atoms with van der Waals surface area (Å²) in [6.07, 6.45) is 1.55. The number of likely N-dealkylation sites (N-methyl/N-ethyl adjacent to an activating group) is 1. The van der Waals surface area contributed by atoms with E-state index in [1.54, 1.807) is 18.0 Å². The lowest BCUT2D eigenvalue weighted by molar-refractivity contribution is -0.131. The van der Waals surface area contributed by atoms with Gasteiger partial charge in [-0.25, -0.2) is 14.3 Å². The van der Waals surface area contributed by atoms with Crippen molar-refractivity contribution in [2.75, 3.05) is 20.2 Å². The van der Waals surface area contributed by atoms with Gasteiger partial charge in [-0.1, -0.05) is 0 Å². The largest absolute Gasteiger partial charge is 0.495 e.